The molecule has 1 aromatic rings. The zero-order valence-electron chi connectivity index (χ0n) is 11.5. The summed E-state index contributed by atoms with van der Waals surface area (Å²) in [5, 5.41) is 8.83. The fourth-order valence-electron chi connectivity index (χ4n) is 1.01. The number of benzene rings is 1. The van der Waals surface area contributed by atoms with Gasteiger partial charge in [-0.15, -0.1) is 0 Å². The zero-order chi connectivity index (χ0) is 15.0. The lowest BCUT2D eigenvalue weighted by Gasteiger charge is -2.07. The maximum atomic E-state index is 12.1. The Labute approximate surface area is 102 Å². The van der Waals surface area contributed by atoms with E-state index in [4.69, 9.17) is 26.6 Å². The largest absolute Gasteiger partial charge is 0.481 e. The average Bonchev–Trinajstić information content (AvgIpc) is 2.31. The first-order chi connectivity index (χ1) is 8.59. The predicted octanol–water partition coefficient (Wildman–Crippen LogP) is 2.22. The normalized spacial score (nSPS) is 15.8. The van der Waals surface area contributed by atoms with Gasteiger partial charge in [0.15, 0.2) is 5.78 Å². The van der Waals surface area contributed by atoms with Gasteiger partial charge >= 0.3 is 5.97 Å². The molecule has 0 saturated carbocycles. The minimum atomic E-state index is -2.62. The highest BCUT2D eigenvalue weighted by Crippen LogP contribution is 2.20. The maximum Gasteiger partial charge on any atom is 0.306 e. The number of rotatable bonds is 4. The van der Waals surface area contributed by atoms with E-state index in [2.05, 4.69) is 0 Å². The number of carboxylic acid groups (broad SMARTS) is 1. The number of Topliss-reactive ketones (excluding diaryl/α,β-unsaturated/α-hetero) is 1. The van der Waals surface area contributed by atoms with Crippen LogP contribution in [0.5, 0.6) is 0 Å². The standard InChI is InChI=1S/C11H12ClNO3/c1-6(11(15)16)4-10(14)8-3-2-7(12)5-9(8)13/h2-3,5-6H,4,13H2,1H3,(H,15,16)/i2D,4D2. The van der Waals surface area contributed by atoms with Crippen LogP contribution >= 0.6 is 11.6 Å². The lowest BCUT2D eigenvalue weighted by atomic mass is 9.99. The Bertz CT molecular complexity index is 548. The fourth-order valence-corrected chi connectivity index (χ4v) is 1.19. The fraction of sp³-hybridized carbons (Fsp3) is 0.273. The molecule has 0 fully saturated rings. The molecule has 0 amide bonds. The quantitative estimate of drug-likeness (QED) is 0.629. The molecule has 1 aromatic carbocycles. The molecule has 4 nitrogen and oxygen atoms in total. The van der Waals surface area contributed by atoms with Crippen molar-refractivity contribution < 1.29 is 18.8 Å². The highest BCUT2D eigenvalue weighted by molar-refractivity contribution is 6.31. The van der Waals surface area contributed by atoms with Crippen LogP contribution in [0, 0.1) is 5.92 Å². The number of nitrogens with two attached hydrogens (primary N) is 1. The number of carbonyl (C=O) groups excluding carboxylic acids is 1. The van der Waals surface area contributed by atoms with E-state index in [9.17, 15) is 9.59 Å². The van der Waals surface area contributed by atoms with Crippen LogP contribution in [-0.2, 0) is 4.79 Å². The van der Waals surface area contributed by atoms with Crippen molar-refractivity contribution in [2.45, 2.75) is 13.3 Å². The molecule has 16 heavy (non-hydrogen) atoms. The van der Waals surface area contributed by atoms with Gasteiger partial charge in [-0.2, -0.15) is 0 Å². The molecule has 0 heterocycles. The first kappa shape index (κ1) is 8.58. The summed E-state index contributed by atoms with van der Waals surface area (Å²) in [5.41, 5.74) is 5.23. The van der Waals surface area contributed by atoms with Gasteiger partial charge in [-0.1, -0.05) is 18.5 Å². The molecule has 0 aliphatic heterocycles. The molecule has 0 radical (unpaired) electrons. The van der Waals surface area contributed by atoms with Gasteiger partial charge in [-0.05, 0) is 18.2 Å². The number of hydrogen-bond acceptors (Lipinski definition) is 3. The molecule has 1 unspecified atom stereocenters. The number of carbonyl (C=O) groups is 2. The number of aliphatic carboxylic acids is 1. The van der Waals surface area contributed by atoms with E-state index < -0.39 is 24.0 Å². The number of carboxylic acids is 1. The first-order valence-corrected chi connectivity index (χ1v) is 4.80. The van der Waals surface area contributed by atoms with Gasteiger partial charge < -0.3 is 10.8 Å². The van der Waals surface area contributed by atoms with E-state index in [0.29, 0.717) is 0 Å². The third-order valence-electron chi connectivity index (χ3n) is 1.91. The second-order valence-electron chi connectivity index (χ2n) is 3.18. The number of halogens is 1. The van der Waals surface area contributed by atoms with Gasteiger partial charge in [0.1, 0.15) is 0 Å². The van der Waals surface area contributed by atoms with Crippen molar-refractivity contribution in [1.82, 2.24) is 0 Å². The molecular weight excluding hydrogens is 230 g/mol. The van der Waals surface area contributed by atoms with Gasteiger partial charge in [0.2, 0.25) is 0 Å². The summed E-state index contributed by atoms with van der Waals surface area (Å²) in [6, 6.07) is 2.02. The summed E-state index contributed by atoms with van der Waals surface area (Å²) in [6.45, 7) is 1.09. The minimum absolute atomic E-state index is 0.0286. The van der Waals surface area contributed by atoms with Crippen molar-refractivity contribution in [3.8, 4) is 0 Å². The third-order valence-corrected chi connectivity index (χ3v) is 2.13. The second kappa shape index (κ2) is 4.99. The number of anilines is 1. The maximum absolute atomic E-state index is 12.1. The zero-order valence-corrected chi connectivity index (χ0v) is 9.21. The highest BCUT2D eigenvalue weighted by Gasteiger charge is 2.18. The van der Waals surface area contributed by atoms with Gasteiger partial charge in [-0.25, -0.2) is 0 Å². The average molecular weight is 245 g/mol. The molecule has 3 N–H and O–H groups in total. The lowest BCUT2D eigenvalue weighted by molar-refractivity contribution is -0.141. The predicted molar refractivity (Wildman–Crippen MR) is 61.6 cm³/mol. The van der Waals surface area contributed by atoms with Crippen molar-refractivity contribution in [2.75, 3.05) is 5.73 Å². The van der Waals surface area contributed by atoms with Crippen LogP contribution in [0.25, 0.3) is 0 Å². The van der Waals surface area contributed by atoms with Crippen molar-refractivity contribution >= 4 is 29.0 Å². The van der Waals surface area contributed by atoms with E-state index >= 15 is 0 Å². The van der Waals surface area contributed by atoms with Crippen LogP contribution in [0.3, 0.4) is 0 Å². The molecule has 5 heteroatoms. The number of nitrogen functional groups attached to an aromatic ring is 1. The Morgan fingerprint density at radius 2 is 2.38 bits per heavy atom. The third kappa shape index (κ3) is 2.97. The van der Waals surface area contributed by atoms with Crippen LogP contribution in [0.2, 0.25) is 5.02 Å². The molecule has 0 spiro atoms. The van der Waals surface area contributed by atoms with Crippen molar-refractivity contribution in [3.05, 3.63) is 28.8 Å². The molecule has 1 atom stereocenters. The number of hydrogen-bond donors (Lipinski definition) is 2. The first-order valence-electron chi connectivity index (χ1n) is 5.92. The van der Waals surface area contributed by atoms with Gasteiger partial charge in [0.25, 0.3) is 0 Å². The summed E-state index contributed by atoms with van der Waals surface area (Å²) >= 11 is 5.65. The van der Waals surface area contributed by atoms with Crippen LogP contribution in [-0.4, -0.2) is 16.9 Å². The van der Waals surface area contributed by atoms with Crippen molar-refractivity contribution in [1.29, 1.82) is 0 Å². The van der Waals surface area contributed by atoms with Crippen molar-refractivity contribution in [3.63, 3.8) is 0 Å². The van der Waals surface area contributed by atoms with Crippen LogP contribution in [0.4, 0.5) is 5.69 Å². The van der Waals surface area contributed by atoms with Crippen LogP contribution in [0.15, 0.2) is 18.2 Å². The second-order valence-corrected chi connectivity index (χ2v) is 3.59. The highest BCUT2D eigenvalue weighted by atomic mass is 35.5. The number of ketones is 1. The van der Waals surface area contributed by atoms with E-state index in [0.717, 1.165) is 13.0 Å². The Morgan fingerprint density at radius 1 is 1.75 bits per heavy atom. The van der Waals surface area contributed by atoms with E-state index in [1.807, 2.05) is 0 Å². The molecular formula is C11H12ClNO3. The van der Waals surface area contributed by atoms with E-state index in [1.165, 1.54) is 6.07 Å². The Morgan fingerprint density at radius 3 is 2.94 bits per heavy atom. The SMILES string of the molecule is [2H]c1cc(C(=O)C([2H])([2H])C(C)C(=O)O)c(N)cc1Cl. The minimum Gasteiger partial charge on any atom is -0.481 e. The summed E-state index contributed by atoms with van der Waals surface area (Å²) < 4.78 is 22.7. The summed E-state index contributed by atoms with van der Waals surface area (Å²) in [6.07, 6.45) is -2.62. The van der Waals surface area contributed by atoms with Crippen molar-refractivity contribution in [2.24, 2.45) is 5.92 Å². The molecule has 0 aliphatic carbocycles. The van der Waals surface area contributed by atoms with Crippen LogP contribution in [0.1, 0.15) is 27.8 Å². The van der Waals surface area contributed by atoms with E-state index in [-0.39, 0.29) is 22.3 Å². The van der Waals surface area contributed by atoms with Crippen LogP contribution < -0.4 is 5.73 Å². The monoisotopic (exact) mass is 244 g/mol. The molecule has 1 rings (SSSR count). The summed E-state index contributed by atoms with van der Waals surface area (Å²) in [7, 11) is 0. The van der Waals surface area contributed by atoms with Gasteiger partial charge in [0, 0.05) is 25.4 Å². The summed E-state index contributed by atoms with van der Waals surface area (Å²) in [4.78, 5) is 22.9. The molecule has 0 saturated heterocycles. The summed E-state index contributed by atoms with van der Waals surface area (Å²) in [5.74, 6) is -4.05. The van der Waals surface area contributed by atoms with Gasteiger partial charge in [-0.3, -0.25) is 9.59 Å². The Balaban J connectivity index is 3.27. The Kier molecular flexibility index (Phi) is 2.67. The Hall–Kier alpha value is -1.55. The molecule has 0 bridgehead atoms. The van der Waals surface area contributed by atoms with Gasteiger partial charge in [0.05, 0.1) is 7.29 Å². The van der Waals surface area contributed by atoms with E-state index in [1.54, 1.807) is 0 Å². The lowest BCUT2D eigenvalue weighted by Crippen LogP contribution is -2.15. The molecule has 86 valence electrons. The molecule has 0 aliphatic rings. The molecule has 0 aromatic heterocycles. The smallest absolute Gasteiger partial charge is 0.306 e. The topological polar surface area (TPSA) is 80.4 Å².